The maximum Gasteiger partial charge on any atom is 0.455 e. The average Bonchev–Trinajstić information content (AvgIpc) is 2.48. The second-order valence-corrected chi connectivity index (χ2v) is 3.05. The van der Waals surface area contributed by atoms with Gasteiger partial charge in [-0.1, -0.05) is 0 Å². The van der Waals surface area contributed by atoms with E-state index in [9.17, 15) is 22.0 Å². The van der Waals surface area contributed by atoms with Crippen molar-refractivity contribution in [2.24, 2.45) is 12.8 Å². The van der Waals surface area contributed by atoms with Crippen molar-refractivity contribution in [3.8, 4) is 0 Å². The Morgan fingerprint density at radius 1 is 1.33 bits per heavy atom. The zero-order chi connectivity index (χ0) is 11.9. The highest BCUT2D eigenvalue weighted by Crippen LogP contribution is 2.42. The van der Waals surface area contributed by atoms with Crippen molar-refractivity contribution in [3.05, 3.63) is 18.0 Å². The highest BCUT2D eigenvalue weighted by atomic mass is 19.4. The van der Waals surface area contributed by atoms with Gasteiger partial charge in [0.05, 0.1) is 6.20 Å². The molecule has 2 N–H and O–H groups in total. The summed E-state index contributed by atoms with van der Waals surface area (Å²) in [6.45, 7) is 0. The first-order valence-corrected chi connectivity index (χ1v) is 3.85. The summed E-state index contributed by atoms with van der Waals surface area (Å²) in [5.74, 6) is -4.96. The molecule has 1 atom stereocenters. The lowest BCUT2D eigenvalue weighted by Crippen LogP contribution is -2.45. The topological polar surface area (TPSA) is 43.8 Å². The van der Waals surface area contributed by atoms with E-state index in [1.807, 2.05) is 0 Å². The van der Waals surface area contributed by atoms with Crippen LogP contribution >= 0.6 is 0 Å². The number of alkyl halides is 5. The molecule has 0 saturated carbocycles. The molecule has 0 aliphatic heterocycles. The summed E-state index contributed by atoms with van der Waals surface area (Å²) in [7, 11) is 1.39. The number of hydrogen-bond acceptors (Lipinski definition) is 2. The van der Waals surface area contributed by atoms with Gasteiger partial charge in [0.15, 0.2) is 0 Å². The molecule has 15 heavy (non-hydrogen) atoms. The van der Waals surface area contributed by atoms with Crippen LogP contribution in [0.4, 0.5) is 22.0 Å². The molecule has 0 aromatic carbocycles. The van der Waals surface area contributed by atoms with Crippen molar-refractivity contribution in [2.75, 3.05) is 0 Å². The van der Waals surface area contributed by atoms with Crippen LogP contribution < -0.4 is 5.73 Å². The Hall–Kier alpha value is -1.18. The third-order valence-electron chi connectivity index (χ3n) is 1.85. The van der Waals surface area contributed by atoms with E-state index in [0.717, 1.165) is 17.1 Å². The first-order chi connectivity index (χ1) is 6.66. The summed E-state index contributed by atoms with van der Waals surface area (Å²) in [6.07, 6.45) is -3.77. The van der Waals surface area contributed by atoms with Gasteiger partial charge in [0.1, 0.15) is 6.04 Å². The number of nitrogens with zero attached hydrogens (tertiary/aromatic N) is 2. The van der Waals surface area contributed by atoms with Gasteiger partial charge in [-0.25, -0.2) is 0 Å². The second kappa shape index (κ2) is 3.44. The van der Waals surface area contributed by atoms with Gasteiger partial charge in [-0.05, 0) is 0 Å². The van der Waals surface area contributed by atoms with E-state index in [0.29, 0.717) is 0 Å². The van der Waals surface area contributed by atoms with Gasteiger partial charge in [0.25, 0.3) is 0 Å². The molecule has 0 spiro atoms. The quantitative estimate of drug-likeness (QED) is 0.783. The van der Waals surface area contributed by atoms with Crippen LogP contribution in [0.2, 0.25) is 0 Å². The Labute approximate surface area is 81.7 Å². The predicted octanol–water partition coefficient (Wildman–Crippen LogP) is 1.62. The van der Waals surface area contributed by atoms with Crippen molar-refractivity contribution in [2.45, 2.75) is 18.1 Å². The summed E-state index contributed by atoms with van der Waals surface area (Å²) in [6, 6.07) is -2.44. The van der Waals surface area contributed by atoms with Crippen molar-refractivity contribution in [1.29, 1.82) is 0 Å². The van der Waals surface area contributed by atoms with Crippen LogP contribution in [0.5, 0.6) is 0 Å². The molecule has 1 aromatic rings. The highest BCUT2D eigenvalue weighted by molar-refractivity contribution is 5.14. The van der Waals surface area contributed by atoms with Crippen molar-refractivity contribution in [3.63, 3.8) is 0 Å². The average molecular weight is 229 g/mol. The Morgan fingerprint density at radius 3 is 2.20 bits per heavy atom. The summed E-state index contributed by atoms with van der Waals surface area (Å²) >= 11 is 0. The fourth-order valence-electron chi connectivity index (χ4n) is 0.986. The van der Waals surface area contributed by atoms with Crippen LogP contribution in [0.15, 0.2) is 12.4 Å². The number of aryl methyl sites for hydroxylation is 1. The lowest BCUT2D eigenvalue weighted by molar-refractivity contribution is -0.291. The fraction of sp³-hybridized carbons (Fsp3) is 0.571. The van der Waals surface area contributed by atoms with Crippen LogP contribution in [0, 0.1) is 0 Å². The largest absolute Gasteiger partial charge is 0.455 e. The first-order valence-electron chi connectivity index (χ1n) is 3.85. The molecule has 0 saturated heterocycles. The number of rotatable bonds is 2. The van der Waals surface area contributed by atoms with E-state index in [1.165, 1.54) is 7.05 Å². The Morgan fingerprint density at radius 2 is 1.87 bits per heavy atom. The standard InChI is InChI=1S/C7H8F5N3/c1-15-3-4(2-14-15)5(13)6(8,9)7(10,11)12/h2-3,5H,13H2,1H3. The Bertz CT molecular complexity index is 343. The molecule has 3 nitrogen and oxygen atoms in total. The van der Waals surface area contributed by atoms with E-state index in [1.54, 1.807) is 0 Å². The highest BCUT2D eigenvalue weighted by Gasteiger charge is 2.61. The summed E-state index contributed by atoms with van der Waals surface area (Å²) < 4.78 is 62.3. The van der Waals surface area contributed by atoms with Crippen LogP contribution in [0.1, 0.15) is 11.6 Å². The molecule has 0 bridgehead atoms. The minimum atomic E-state index is -5.66. The normalized spacial score (nSPS) is 15.4. The van der Waals surface area contributed by atoms with Crippen LogP contribution in [0.3, 0.4) is 0 Å². The van der Waals surface area contributed by atoms with Crippen molar-refractivity contribution < 1.29 is 22.0 Å². The van der Waals surface area contributed by atoms with Crippen LogP contribution in [0.25, 0.3) is 0 Å². The molecule has 1 unspecified atom stereocenters. The fourth-order valence-corrected chi connectivity index (χ4v) is 0.986. The third-order valence-corrected chi connectivity index (χ3v) is 1.85. The molecular weight excluding hydrogens is 221 g/mol. The van der Waals surface area contributed by atoms with Crippen LogP contribution in [-0.2, 0) is 7.05 Å². The minimum absolute atomic E-state index is 0.361. The van der Waals surface area contributed by atoms with E-state index < -0.39 is 18.1 Å². The monoisotopic (exact) mass is 229 g/mol. The van der Waals surface area contributed by atoms with Gasteiger partial charge in [-0.15, -0.1) is 0 Å². The molecule has 86 valence electrons. The molecule has 0 amide bonds. The molecule has 0 fully saturated rings. The molecular formula is C7H8F5N3. The van der Waals surface area contributed by atoms with E-state index in [4.69, 9.17) is 5.73 Å². The molecule has 0 aliphatic rings. The molecule has 1 aromatic heterocycles. The van der Waals surface area contributed by atoms with Gasteiger partial charge in [-0.3, -0.25) is 4.68 Å². The summed E-state index contributed by atoms with van der Waals surface area (Å²) in [5.41, 5.74) is 4.49. The van der Waals surface area contributed by atoms with Gasteiger partial charge >= 0.3 is 12.1 Å². The molecule has 1 rings (SSSR count). The summed E-state index contributed by atoms with van der Waals surface area (Å²) in [5, 5.41) is 3.47. The Kier molecular flexibility index (Phi) is 2.73. The zero-order valence-corrected chi connectivity index (χ0v) is 7.59. The van der Waals surface area contributed by atoms with E-state index in [-0.39, 0.29) is 5.56 Å². The smallest absolute Gasteiger partial charge is 0.319 e. The maximum absolute atomic E-state index is 12.7. The number of halogens is 5. The molecule has 1 heterocycles. The first kappa shape index (κ1) is 11.9. The van der Waals surface area contributed by atoms with Gasteiger partial charge < -0.3 is 5.73 Å². The van der Waals surface area contributed by atoms with Gasteiger partial charge in [0.2, 0.25) is 0 Å². The number of nitrogens with two attached hydrogens (primary N) is 1. The number of aromatic nitrogens is 2. The van der Waals surface area contributed by atoms with Crippen molar-refractivity contribution >= 4 is 0 Å². The summed E-state index contributed by atoms with van der Waals surface area (Å²) in [4.78, 5) is 0. The predicted molar refractivity (Wildman–Crippen MR) is 41.1 cm³/mol. The van der Waals surface area contributed by atoms with Crippen molar-refractivity contribution in [1.82, 2.24) is 9.78 Å². The second-order valence-electron chi connectivity index (χ2n) is 3.05. The lowest BCUT2D eigenvalue weighted by Gasteiger charge is -2.24. The SMILES string of the molecule is Cn1cc(C(N)C(F)(F)C(F)(F)F)cn1. The van der Waals surface area contributed by atoms with E-state index in [2.05, 4.69) is 5.10 Å². The molecule has 8 heteroatoms. The van der Waals surface area contributed by atoms with E-state index >= 15 is 0 Å². The lowest BCUT2D eigenvalue weighted by atomic mass is 10.1. The molecule has 0 aliphatic carbocycles. The van der Waals surface area contributed by atoms with Crippen LogP contribution in [-0.4, -0.2) is 21.9 Å². The van der Waals surface area contributed by atoms with Gasteiger partial charge in [0, 0.05) is 18.8 Å². The third kappa shape index (κ3) is 2.09. The number of hydrogen-bond donors (Lipinski definition) is 1. The maximum atomic E-state index is 12.7. The zero-order valence-electron chi connectivity index (χ0n) is 7.59. The Balaban J connectivity index is 2.99. The minimum Gasteiger partial charge on any atom is -0.319 e. The molecule has 0 radical (unpaired) electrons. The van der Waals surface area contributed by atoms with Gasteiger partial charge in [-0.2, -0.15) is 27.1 Å².